The monoisotopic (exact) mass is 317 g/mol. The number of carbonyl (C=O) groups excluding carboxylic acids is 1. The van der Waals surface area contributed by atoms with E-state index in [1.165, 1.54) is 12.1 Å². The molecule has 0 fully saturated rings. The summed E-state index contributed by atoms with van der Waals surface area (Å²) < 4.78 is 37.0. The number of hydrogen-bond donors (Lipinski definition) is 1. The van der Waals surface area contributed by atoms with Crippen molar-refractivity contribution in [1.29, 1.82) is 0 Å². The number of carbonyl (C=O) groups is 1. The van der Waals surface area contributed by atoms with E-state index in [-0.39, 0.29) is 22.9 Å². The Morgan fingerprint density at radius 2 is 1.78 bits per heavy atom. The Morgan fingerprint density at radius 1 is 1.17 bits per heavy atom. The molecule has 2 aromatic carbocycles. The summed E-state index contributed by atoms with van der Waals surface area (Å²) in [4.78, 5) is 11.3. The van der Waals surface area contributed by atoms with Crippen LogP contribution < -0.4 is 15.2 Å². The van der Waals surface area contributed by atoms with Crippen molar-refractivity contribution in [1.82, 2.24) is 0 Å². The van der Waals surface area contributed by atoms with Crippen LogP contribution in [-0.2, 0) is 11.2 Å². The molecule has 0 heterocycles. The van der Waals surface area contributed by atoms with Crippen LogP contribution in [0.1, 0.15) is 12.5 Å². The Kier molecular flexibility index (Phi) is 4.82. The van der Waals surface area contributed by atoms with Gasteiger partial charge in [-0.05, 0) is 6.42 Å². The third-order valence-corrected chi connectivity index (χ3v) is 2.93. The maximum absolute atomic E-state index is 13.3. The summed E-state index contributed by atoms with van der Waals surface area (Å²) in [6, 6.07) is 5.67. The highest BCUT2D eigenvalue weighted by Gasteiger charge is 2.15. The van der Waals surface area contributed by atoms with Gasteiger partial charge in [0.2, 0.25) is 0 Å². The minimum atomic E-state index is -0.881. The van der Waals surface area contributed by atoms with Crippen LogP contribution in [-0.4, -0.2) is 5.97 Å². The Labute approximate surface area is 131 Å². The van der Waals surface area contributed by atoms with E-state index >= 15 is 0 Å². The second-order valence-electron chi connectivity index (χ2n) is 4.59. The Balaban J connectivity index is 2.45. The number of hydrogen-bond acceptors (Lipinski definition) is 4. The van der Waals surface area contributed by atoms with Crippen LogP contribution >= 0.6 is 0 Å². The van der Waals surface area contributed by atoms with E-state index in [2.05, 4.69) is 0 Å². The predicted molar refractivity (Wildman–Crippen MR) is 81.1 cm³/mol. The maximum atomic E-state index is 13.3. The molecule has 0 aliphatic rings. The van der Waals surface area contributed by atoms with Gasteiger partial charge in [-0.15, -0.1) is 6.42 Å². The van der Waals surface area contributed by atoms with Gasteiger partial charge in [0.15, 0.2) is 0 Å². The SMILES string of the molecule is C#CC(=O)Oc1cc(N)cc(Oc2cc(F)cc(F)c2)c1CC. The van der Waals surface area contributed by atoms with Crippen molar-refractivity contribution in [3.8, 4) is 29.6 Å². The first kappa shape index (κ1) is 16.3. The molecule has 0 spiro atoms. The molecule has 0 amide bonds. The van der Waals surface area contributed by atoms with Crippen molar-refractivity contribution in [2.75, 3.05) is 5.73 Å². The zero-order valence-corrected chi connectivity index (χ0v) is 12.2. The molecule has 0 bridgehead atoms. The van der Waals surface area contributed by atoms with Gasteiger partial charge < -0.3 is 15.2 Å². The third-order valence-electron chi connectivity index (χ3n) is 2.93. The molecule has 4 nitrogen and oxygen atoms in total. The van der Waals surface area contributed by atoms with Crippen molar-refractivity contribution >= 4 is 11.7 Å². The summed E-state index contributed by atoms with van der Waals surface area (Å²) in [5.74, 6) is -0.293. The number of ether oxygens (including phenoxy) is 2. The lowest BCUT2D eigenvalue weighted by Gasteiger charge is -2.15. The summed E-state index contributed by atoms with van der Waals surface area (Å²) in [5, 5.41) is 0. The van der Waals surface area contributed by atoms with Crippen molar-refractivity contribution in [3.05, 3.63) is 47.5 Å². The van der Waals surface area contributed by atoms with Gasteiger partial charge in [0.05, 0.1) is 0 Å². The standard InChI is InChI=1S/C17H13F2NO3/c1-3-14-15(22-13-6-10(18)5-11(19)7-13)8-12(20)9-16(14)23-17(21)4-2/h2,5-9H,3,20H2,1H3. The summed E-state index contributed by atoms with van der Waals surface area (Å²) in [6.45, 7) is 1.79. The molecular formula is C17H13F2NO3. The molecule has 0 radical (unpaired) electrons. The van der Waals surface area contributed by atoms with E-state index in [9.17, 15) is 13.6 Å². The lowest BCUT2D eigenvalue weighted by Crippen LogP contribution is -2.07. The second kappa shape index (κ2) is 6.79. The Hall–Kier alpha value is -3.07. The molecule has 0 aliphatic heterocycles. The van der Waals surface area contributed by atoms with E-state index in [4.69, 9.17) is 21.6 Å². The molecule has 0 aliphatic carbocycles. The van der Waals surface area contributed by atoms with Gasteiger partial charge in [0.1, 0.15) is 28.9 Å². The maximum Gasteiger partial charge on any atom is 0.389 e. The first-order chi connectivity index (χ1) is 10.9. The van der Waals surface area contributed by atoms with E-state index in [1.807, 2.05) is 5.92 Å². The van der Waals surface area contributed by atoms with Crippen LogP contribution in [0.5, 0.6) is 17.2 Å². The van der Waals surface area contributed by atoms with E-state index < -0.39 is 17.6 Å². The summed E-state index contributed by atoms with van der Waals surface area (Å²) >= 11 is 0. The number of anilines is 1. The zero-order valence-electron chi connectivity index (χ0n) is 12.2. The van der Waals surface area contributed by atoms with E-state index in [1.54, 1.807) is 6.92 Å². The lowest BCUT2D eigenvalue weighted by atomic mass is 10.1. The topological polar surface area (TPSA) is 61.5 Å². The third kappa shape index (κ3) is 3.98. The average Bonchev–Trinajstić information content (AvgIpc) is 2.45. The summed E-state index contributed by atoms with van der Waals surface area (Å²) in [5.41, 5.74) is 6.48. The van der Waals surface area contributed by atoms with Gasteiger partial charge in [0, 0.05) is 47.5 Å². The molecule has 0 unspecified atom stereocenters. The van der Waals surface area contributed by atoms with Crippen molar-refractivity contribution in [2.45, 2.75) is 13.3 Å². The van der Waals surface area contributed by atoms with Crippen molar-refractivity contribution in [2.24, 2.45) is 0 Å². The van der Waals surface area contributed by atoms with Gasteiger partial charge in [-0.1, -0.05) is 6.92 Å². The highest BCUT2D eigenvalue weighted by molar-refractivity contribution is 5.89. The van der Waals surface area contributed by atoms with E-state index in [0.29, 0.717) is 12.0 Å². The second-order valence-corrected chi connectivity index (χ2v) is 4.59. The highest BCUT2D eigenvalue weighted by Crippen LogP contribution is 2.35. The normalized spacial score (nSPS) is 10.0. The van der Waals surface area contributed by atoms with E-state index in [0.717, 1.165) is 18.2 Å². The fourth-order valence-corrected chi connectivity index (χ4v) is 2.01. The first-order valence-electron chi connectivity index (χ1n) is 6.67. The zero-order chi connectivity index (χ0) is 17.0. The van der Waals surface area contributed by atoms with Crippen LogP contribution in [0.25, 0.3) is 0 Å². The summed E-state index contributed by atoms with van der Waals surface area (Å²) in [7, 11) is 0. The Morgan fingerprint density at radius 3 is 2.35 bits per heavy atom. The minimum Gasteiger partial charge on any atom is -0.457 e. The fourth-order valence-electron chi connectivity index (χ4n) is 2.01. The molecule has 0 aromatic heterocycles. The highest BCUT2D eigenvalue weighted by atomic mass is 19.1. The molecule has 6 heteroatoms. The van der Waals surface area contributed by atoms with Gasteiger partial charge in [-0.25, -0.2) is 13.6 Å². The van der Waals surface area contributed by atoms with Crippen LogP contribution in [0.4, 0.5) is 14.5 Å². The number of nitrogens with two attached hydrogens (primary N) is 1. The largest absolute Gasteiger partial charge is 0.457 e. The molecule has 2 rings (SSSR count). The van der Waals surface area contributed by atoms with Crippen molar-refractivity contribution in [3.63, 3.8) is 0 Å². The Bertz CT molecular complexity index is 777. The lowest BCUT2D eigenvalue weighted by molar-refractivity contribution is -0.128. The predicted octanol–water partition coefficient (Wildman–Crippen LogP) is 3.44. The van der Waals surface area contributed by atoms with Crippen LogP contribution in [0.2, 0.25) is 0 Å². The fraction of sp³-hybridized carbons (Fsp3) is 0.118. The van der Waals surface area contributed by atoms with Gasteiger partial charge in [-0.3, -0.25) is 0 Å². The smallest absolute Gasteiger partial charge is 0.389 e. The average molecular weight is 317 g/mol. The van der Waals surface area contributed by atoms with Crippen LogP contribution in [0, 0.1) is 24.0 Å². The molecule has 0 saturated heterocycles. The molecule has 2 N–H and O–H groups in total. The molecule has 23 heavy (non-hydrogen) atoms. The van der Waals surface area contributed by atoms with Gasteiger partial charge in [0.25, 0.3) is 0 Å². The number of nitrogen functional groups attached to an aromatic ring is 1. The number of halogens is 2. The number of esters is 1. The first-order valence-corrected chi connectivity index (χ1v) is 6.67. The van der Waals surface area contributed by atoms with Crippen molar-refractivity contribution < 1.29 is 23.0 Å². The minimum absolute atomic E-state index is 0.0444. The quantitative estimate of drug-likeness (QED) is 0.308. The molecule has 0 saturated carbocycles. The molecule has 118 valence electrons. The van der Waals surface area contributed by atoms with Crippen LogP contribution in [0.3, 0.4) is 0 Å². The molecular weight excluding hydrogens is 304 g/mol. The van der Waals surface area contributed by atoms with Crippen LogP contribution in [0.15, 0.2) is 30.3 Å². The number of terminal acetylenes is 1. The number of benzene rings is 2. The van der Waals surface area contributed by atoms with Gasteiger partial charge in [-0.2, -0.15) is 0 Å². The molecule has 2 aromatic rings. The summed E-state index contributed by atoms with van der Waals surface area (Å²) in [6.07, 6.45) is 5.39. The molecule has 0 atom stereocenters. The van der Waals surface area contributed by atoms with Gasteiger partial charge >= 0.3 is 5.97 Å². The number of rotatable bonds is 4.